The van der Waals surface area contributed by atoms with Gasteiger partial charge in [0.25, 0.3) is 5.69 Å². The van der Waals surface area contributed by atoms with Crippen LogP contribution >= 0.6 is 0 Å². The van der Waals surface area contributed by atoms with Crippen LogP contribution in [0, 0.1) is 15.9 Å². The molecule has 0 bridgehead atoms. The van der Waals surface area contributed by atoms with Crippen LogP contribution in [-0.2, 0) is 10.0 Å². The number of hydrogen-bond donors (Lipinski definition) is 2. The Balaban J connectivity index is 1.91. The fourth-order valence-corrected chi connectivity index (χ4v) is 4.84. The van der Waals surface area contributed by atoms with Crippen molar-refractivity contribution in [3.63, 3.8) is 0 Å². The zero-order valence-corrected chi connectivity index (χ0v) is 15.9. The van der Waals surface area contributed by atoms with Gasteiger partial charge >= 0.3 is 0 Å². The van der Waals surface area contributed by atoms with Crippen LogP contribution in [0.5, 0.6) is 5.75 Å². The number of ether oxygens (including phenoxy) is 1. The molecule has 8 nitrogen and oxygen atoms in total. The molecule has 28 heavy (non-hydrogen) atoms. The van der Waals surface area contributed by atoms with Crippen molar-refractivity contribution in [2.45, 2.75) is 23.3 Å². The van der Waals surface area contributed by atoms with Crippen LogP contribution in [0.4, 0.5) is 10.1 Å². The third kappa shape index (κ3) is 4.13. The zero-order chi connectivity index (χ0) is 20.3. The van der Waals surface area contributed by atoms with E-state index < -0.39 is 37.4 Å². The van der Waals surface area contributed by atoms with Crippen LogP contribution in [0.1, 0.15) is 17.9 Å². The standard InChI is InChI=1S/C18H20FN3O5S/c1-27-17-7-6-12(10-14(17)19)13-8-9-20-11-15(13)21-28(25,26)18-5-3-2-4-16(18)22(23)24/h2-7,10,13,15,20-21H,8-9,11H2,1H3/t13-,15-/m0/s1. The van der Waals surface area contributed by atoms with E-state index in [0.717, 1.165) is 6.07 Å². The number of piperidine rings is 1. The molecule has 0 aromatic heterocycles. The van der Waals surface area contributed by atoms with E-state index in [2.05, 4.69) is 10.0 Å². The highest BCUT2D eigenvalue weighted by Crippen LogP contribution is 2.31. The first-order valence-corrected chi connectivity index (χ1v) is 10.1. The Kier molecular flexibility index (Phi) is 5.92. The summed E-state index contributed by atoms with van der Waals surface area (Å²) in [4.78, 5) is 10.1. The second-order valence-electron chi connectivity index (χ2n) is 6.45. The summed E-state index contributed by atoms with van der Waals surface area (Å²) >= 11 is 0. The predicted octanol–water partition coefficient (Wildman–Crippen LogP) is 2.17. The number of nitro benzene ring substituents is 1. The van der Waals surface area contributed by atoms with Gasteiger partial charge in [0.05, 0.1) is 12.0 Å². The SMILES string of the molecule is COc1ccc([C@@H]2CCNC[C@@H]2NS(=O)(=O)c2ccccc2[N+](=O)[O-])cc1F. The van der Waals surface area contributed by atoms with Crippen molar-refractivity contribution in [3.05, 3.63) is 64.0 Å². The number of para-hydroxylation sites is 1. The average Bonchev–Trinajstić information content (AvgIpc) is 2.68. The van der Waals surface area contributed by atoms with Gasteiger partial charge in [-0.25, -0.2) is 17.5 Å². The Hall–Kier alpha value is -2.56. The van der Waals surface area contributed by atoms with Crippen LogP contribution in [0.3, 0.4) is 0 Å². The molecule has 1 aliphatic rings. The number of benzene rings is 2. The van der Waals surface area contributed by atoms with E-state index in [0.29, 0.717) is 25.1 Å². The fraction of sp³-hybridized carbons (Fsp3) is 0.333. The third-order valence-electron chi connectivity index (χ3n) is 4.74. The molecule has 150 valence electrons. The number of nitrogens with zero attached hydrogens (tertiary/aromatic N) is 1. The van der Waals surface area contributed by atoms with Gasteiger partial charge in [-0.1, -0.05) is 18.2 Å². The Morgan fingerprint density at radius 3 is 2.71 bits per heavy atom. The summed E-state index contributed by atoms with van der Waals surface area (Å²) in [7, 11) is -2.78. The lowest BCUT2D eigenvalue weighted by Crippen LogP contribution is -2.50. The maximum Gasteiger partial charge on any atom is 0.289 e. The maximum absolute atomic E-state index is 14.1. The molecular weight excluding hydrogens is 389 g/mol. The summed E-state index contributed by atoms with van der Waals surface area (Å²) in [6, 6.07) is 9.11. The summed E-state index contributed by atoms with van der Waals surface area (Å²) in [5, 5.41) is 14.3. The lowest BCUT2D eigenvalue weighted by molar-refractivity contribution is -0.387. The fourth-order valence-electron chi connectivity index (χ4n) is 3.39. The highest BCUT2D eigenvalue weighted by Gasteiger charge is 2.33. The largest absolute Gasteiger partial charge is 0.494 e. The number of halogens is 1. The van der Waals surface area contributed by atoms with E-state index in [1.807, 2.05) is 0 Å². The molecule has 0 aliphatic carbocycles. The highest BCUT2D eigenvalue weighted by molar-refractivity contribution is 7.89. The molecule has 3 rings (SSSR count). The Bertz CT molecular complexity index is 983. The third-order valence-corrected chi connectivity index (χ3v) is 6.28. The van der Waals surface area contributed by atoms with Gasteiger partial charge in [-0.3, -0.25) is 10.1 Å². The van der Waals surface area contributed by atoms with Gasteiger partial charge in [0.1, 0.15) is 0 Å². The molecule has 1 aliphatic heterocycles. The van der Waals surface area contributed by atoms with Crippen LogP contribution in [0.2, 0.25) is 0 Å². The summed E-state index contributed by atoms with van der Waals surface area (Å²) in [6.07, 6.45) is 0.579. The van der Waals surface area contributed by atoms with Gasteiger partial charge in [-0.05, 0) is 36.7 Å². The highest BCUT2D eigenvalue weighted by atomic mass is 32.2. The van der Waals surface area contributed by atoms with E-state index in [-0.39, 0.29) is 11.7 Å². The first-order chi connectivity index (χ1) is 13.3. The van der Waals surface area contributed by atoms with E-state index >= 15 is 0 Å². The number of methoxy groups -OCH3 is 1. The molecule has 2 N–H and O–H groups in total. The van der Waals surface area contributed by atoms with Crippen molar-refractivity contribution in [3.8, 4) is 5.75 Å². The molecule has 1 saturated heterocycles. The number of rotatable bonds is 6. The minimum absolute atomic E-state index is 0.106. The van der Waals surface area contributed by atoms with Crippen LogP contribution in [0.25, 0.3) is 0 Å². The van der Waals surface area contributed by atoms with Gasteiger partial charge in [-0.15, -0.1) is 0 Å². The van der Waals surface area contributed by atoms with Crippen molar-refractivity contribution in [1.82, 2.24) is 10.0 Å². The molecule has 2 aromatic carbocycles. The van der Waals surface area contributed by atoms with Crippen LogP contribution in [-0.4, -0.2) is 39.6 Å². The molecule has 0 spiro atoms. The molecular formula is C18H20FN3O5S. The molecule has 2 atom stereocenters. The Labute approximate surface area is 161 Å². The Morgan fingerprint density at radius 1 is 1.29 bits per heavy atom. The van der Waals surface area contributed by atoms with Crippen LogP contribution in [0.15, 0.2) is 47.4 Å². The number of nitrogens with one attached hydrogen (secondary N) is 2. The minimum atomic E-state index is -4.15. The second kappa shape index (κ2) is 8.21. The minimum Gasteiger partial charge on any atom is -0.494 e. The van der Waals surface area contributed by atoms with Gasteiger partial charge in [0, 0.05) is 24.6 Å². The summed E-state index contributed by atoms with van der Waals surface area (Å²) in [5.41, 5.74) is 0.140. The molecule has 1 fully saturated rings. The summed E-state index contributed by atoms with van der Waals surface area (Å²) < 4.78 is 47.3. The number of hydrogen-bond acceptors (Lipinski definition) is 6. The quantitative estimate of drug-likeness (QED) is 0.559. The van der Waals surface area contributed by atoms with Crippen molar-refractivity contribution in [1.29, 1.82) is 0 Å². The molecule has 2 aromatic rings. The molecule has 10 heteroatoms. The first-order valence-electron chi connectivity index (χ1n) is 8.63. The molecule has 0 amide bonds. The first kappa shape index (κ1) is 20.2. The van der Waals surface area contributed by atoms with E-state index in [9.17, 15) is 22.9 Å². The summed E-state index contributed by atoms with van der Waals surface area (Å²) in [5.74, 6) is -0.715. The van der Waals surface area contributed by atoms with Crippen molar-refractivity contribution in [2.75, 3.05) is 20.2 Å². The molecule has 1 heterocycles. The molecule has 0 radical (unpaired) electrons. The smallest absolute Gasteiger partial charge is 0.289 e. The van der Waals surface area contributed by atoms with Crippen molar-refractivity contribution < 1.29 is 22.5 Å². The molecule has 0 unspecified atom stereocenters. The number of sulfonamides is 1. The topological polar surface area (TPSA) is 111 Å². The van der Waals surface area contributed by atoms with Crippen molar-refractivity contribution >= 4 is 15.7 Å². The number of nitro groups is 1. The van der Waals surface area contributed by atoms with Crippen molar-refractivity contribution in [2.24, 2.45) is 0 Å². The average molecular weight is 409 g/mol. The Morgan fingerprint density at radius 2 is 2.04 bits per heavy atom. The maximum atomic E-state index is 14.1. The van der Waals surface area contributed by atoms with Gasteiger partial charge in [-0.2, -0.15) is 0 Å². The van der Waals surface area contributed by atoms with Gasteiger partial charge < -0.3 is 10.1 Å². The lowest BCUT2D eigenvalue weighted by Gasteiger charge is -2.33. The normalized spacial score (nSPS) is 19.9. The van der Waals surface area contributed by atoms with E-state index in [4.69, 9.17) is 4.74 Å². The summed E-state index contributed by atoms with van der Waals surface area (Å²) in [6.45, 7) is 0.959. The van der Waals surface area contributed by atoms with Crippen LogP contribution < -0.4 is 14.8 Å². The zero-order valence-electron chi connectivity index (χ0n) is 15.1. The van der Waals surface area contributed by atoms with Gasteiger partial charge in [0.2, 0.25) is 10.0 Å². The van der Waals surface area contributed by atoms with Gasteiger partial charge in [0.15, 0.2) is 16.5 Å². The van der Waals surface area contributed by atoms with E-state index in [1.165, 1.54) is 37.4 Å². The monoisotopic (exact) mass is 409 g/mol. The molecule has 0 saturated carbocycles. The second-order valence-corrected chi connectivity index (χ2v) is 8.13. The van der Waals surface area contributed by atoms with E-state index in [1.54, 1.807) is 6.07 Å². The lowest BCUT2D eigenvalue weighted by atomic mass is 9.86. The predicted molar refractivity (Wildman–Crippen MR) is 100 cm³/mol.